The molecule has 1 aliphatic carbocycles. The normalized spacial score (nSPS) is 31.0. The molecule has 0 radical (unpaired) electrons. The predicted molar refractivity (Wildman–Crippen MR) is 59.6 cm³/mol. The van der Waals surface area contributed by atoms with E-state index in [1.807, 2.05) is 17.9 Å². The average Bonchev–Trinajstić information content (AvgIpc) is 2.86. The highest BCUT2D eigenvalue weighted by atomic mass is 15.2. The van der Waals surface area contributed by atoms with Gasteiger partial charge in [0.2, 0.25) is 0 Å². The predicted octanol–water partition coefficient (Wildman–Crippen LogP) is 1.49. The second kappa shape index (κ2) is 3.34. The Labute approximate surface area is 90.9 Å². The number of nitrogens with zero attached hydrogens (tertiary/aromatic N) is 2. The topological polar surface area (TPSA) is 29.9 Å². The summed E-state index contributed by atoms with van der Waals surface area (Å²) in [6, 6.07) is 2.16. The van der Waals surface area contributed by atoms with Gasteiger partial charge in [-0.25, -0.2) is 0 Å². The van der Waals surface area contributed by atoms with Crippen LogP contribution in [0.1, 0.15) is 31.4 Å². The molecule has 0 bridgehead atoms. The third kappa shape index (κ3) is 1.69. The summed E-state index contributed by atoms with van der Waals surface area (Å²) in [6.45, 7) is 1.20. The van der Waals surface area contributed by atoms with E-state index in [4.69, 9.17) is 0 Å². The van der Waals surface area contributed by atoms with Crippen LogP contribution >= 0.6 is 0 Å². The smallest absolute Gasteiger partial charge is 0.0642 e. The van der Waals surface area contributed by atoms with Crippen LogP contribution in [-0.4, -0.2) is 21.9 Å². The van der Waals surface area contributed by atoms with Crippen LogP contribution < -0.4 is 5.32 Å². The summed E-state index contributed by atoms with van der Waals surface area (Å²) in [6.07, 6.45) is 8.68. The van der Waals surface area contributed by atoms with E-state index >= 15 is 0 Å². The fraction of sp³-hybridized carbons (Fsp3) is 0.750. The molecule has 0 aromatic carbocycles. The lowest BCUT2D eigenvalue weighted by Gasteiger charge is -2.28. The molecule has 1 aromatic heterocycles. The van der Waals surface area contributed by atoms with Gasteiger partial charge < -0.3 is 5.32 Å². The monoisotopic (exact) mass is 205 g/mol. The molecule has 2 fully saturated rings. The van der Waals surface area contributed by atoms with Crippen molar-refractivity contribution >= 4 is 0 Å². The Bertz CT molecular complexity index is 346. The van der Waals surface area contributed by atoms with E-state index in [2.05, 4.69) is 16.5 Å². The molecule has 2 aliphatic rings. The van der Waals surface area contributed by atoms with E-state index in [0.29, 0.717) is 5.54 Å². The third-order valence-corrected chi connectivity index (χ3v) is 3.90. The minimum Gasteiger partial charge on any atom is -0.311 e. The number of hydrogen-bond donors (Lipinski definition) is 1. The molecular weight excluding hydrogens is 186 g/mol. The minimum absolute atomic E-state index is 0.397. The number of aromatic nitrogens is 2. The zero-order chi connectivity index (χ0) is 10.3. The lowest BCUT2D eigenvalue weighted by atomic mass is 9.86. The summed E-state index contributed by atoms with van der Waals surface area (Å²) in [5.74, 6) is 0.919. The summed E-state index contributed by atoms with van der Waals surface area (Å²) < 4.78 is 1.91. The Hall–Kier alpha value is -0.830. The van der Waals surface area contributed by atoms with Gasteiger partial charge in [0.1, 0.15) is 0 Å². The molecular formula is C12H19N3. The number of aryl methyl sites for hydroxylation is 1. The van der Waals surface area contributed by atoms with E-state index in [-0.39, 0.29) is 0 Å². The van der Waals surface area contributed by atoms with Crippen molar-refractivity contribution in [2.45, 2.75) is 37.6 Å². The molecule has 3 nitrogen and oxygen atoms in total. The second-order valence-electron chi connectivity index (χ2n) is 5.12. The average molecular weight is 205 g/mol. The van der Waals surface area contributed by atoms with Gasteiger partial charge in [0.15, 0.2) is 0 Å². The van der Waals surface area contributed by atoms with Gasteiger partial charge in [0, 0.05) is 25.2 Å². The van der Waals surface area contributed by atoms with Crippen molar-refractivity contribution in [3.8, 4) is 0 Å². The van der Waals surface area contributed by atoms with Crippen LogP contribution in [0.5, 0.6) is 0 Å². The van der Waals surface area contributed by atoms with E-state index in [0.717, 1.165) is 12.3 Å². The molecule has 15 heavy (non-hydrogen) atoms. The van der Waals surface area contributed by atoms with E-state index in [1.54, 1.807) is 0 Å². The molecule has 3 heteroatoms. The van der Waals surface area contributed by atoms with Crippen molar-refractivity contribution in [1.82, 2.24) is 15.1 Å². The molecule has 0 amide bonds. The Morgan fingerprint density at radius 2 is 2.47 bits per heavy atom. The minimum atomic E-state index is 0.397. The number of hydrogen-bond acceptors (Lipinski definition) is 2. The fourth-order valence-corrected chi connectivity index (χ4v) is 2.99. The maximum Gasteiger partial charge on any atom is 0.0642 e. The van der Waals surface area contributed by atoms with Crippen LogP contribution in [-0.2, 0) is 13.5 Å². The quantitative estimate of drug-likeness (QED) is 0.810. The molecule has 2 heterocycles. The summed E-state index contributed by atoms with van der Waals surface area (Å²) in [7, 11) is 2.00. The molecule has 82 valence electrons. The summed E-state index contributed by atoms with van der Waals surface area (Å²) in [4.78, 5) is 0. The Morgan fingerprint density at radius 1 is 1.60 bits per heavy atom. The van der Waals surface area contributed by atoms with Gasteiger partial charge in [-0.2, -0.15) is 5.10 Å². The number of nitrogens with one attached hydrogen (secondary N) is 1. The van der Waals surface area contributed by atoms with Crippen LogP contribution in [0.4, 0.5) is 0 Å². The van der Waals surface area contributed by atoms with E-state index in [9.17, 15) is 0 Å². The lowest BCUT2D eigenvalue weighted by Crippen LogP contribution is -2.44. The maximum atomic E-state index is 4.51. The third-order valence-electron chi connectivity index (χ3n) is 3.90. The zero-order valence-electron chi connectivity index (χ0n) is 9.37. The first-order valence-corrected chi connectivity index (χ1v) is 6.02. The van der Waals surface area contributed by atoms with Crippen molar-refractivity contribution in [2.75, 3.05) is 6.54 Å². The van der Waals surface area contributed by atoms with Crippen molar-refractivity contribution in [2.24, 2.45) is 13.0 Å². The highest BCUT2D eigenvalue weighted by molar-refractivity contribution is 5.12. The summed E-state index contributed by atoms with van der Waals surface area (Å²) >= 11 is 0. The van der Waals surface area contributed by atoms with E-state index < -0.39 is 0 Å². The first-order chi connectivity index (χ1) is 7.28. The van der Waals surface area contributed by atoms with Gasteiger partial charge >= 0.3 is 0 Å². The lowest BCUT2D eigenvalue weighted by molar-refractivity contribution is 0.319. The number of rotatable bonds is 3. The van der Waals surface area contributed by atoms with Crippen molar-refractivity contribution in [3.05, 3.63) is 18.0 Å². The first kappa shape index (κ1) is 9.40. The van der Waals surface area contributed by atoms with Gasteiger partial charge in [0.05, 0.1) is 5.69 Å². The van der Waals surface area contributed by atoms with E-state index in [1.165, 1.54) is 37.9 Å². The molecule has 1 saturated carbocycles. The van der Waals surface area contributed by atoms with Gasteiger partial charge in [-0.05, 0) is 44.2 Å². The van der Waals surface area contributed by atoms with Crippen LogP contribution in [0.15, 0.2) is 12.3 Å². The fourth-order valence-electron chi connectivity index (χ4n) is 2.99. The van der Waals surface area contributed by atoms with Gasteiger partial charge in [-0.3, -0.25) is 4.68 Å². The highest BCUT2D eigenvalue weighted by Gasteiger charge is 2.46. The molecule has 3 rings (SSSR count). The largest absolute Gasteiger partial charge is 0.311 e. The van der Waals surface area contributed by atoms with Crippen LogP contribution in [0.25, 0.3) is 0 Å². The van der Waals surface area contributed by atoms with Crippen LogP contribution in [0, 0.1) is 5.92 Å². The molecule has 1 saturated heterocycles. The van der Waals surface area contributed by atoms with Crippen molar-refractivity contribution < 1.29 is 0 Å². The Morgan fingerprint density at radius 3 is 3.00 bits per heavy atom. The van der Waals surface area contributed by atoms with Gasteiger partial charge in [-0.15, -0.1) is 0 Å². The first-order valence-electron chi connectivity index (χ1n) is 6.02. The molecule has 1 N–H and O–H groups in total. The SMILES string of the molecule is Cn1ccc(CC2(C3CC3)CCCN2)n1. The van der Waals surface area contributed by atoms with Crippen LogP contribution in [0.3, 0.4) is 0 Å². The zero-order valence-corrected chi connectivity index (χ0v) is 9.37. The maximum absolute atomic E-state index is 4.51. The molecule has 0 spiro atoms. The summed E-state index contributed by atoms with van der Waals surface area (Å²) in [5.41, 5.74) is 1.65. The van der Waals surface area contributed by atoms with Crippen LogP contribution in [0.2, 0.25) is 0 Å². The second-order valence-corrected chi connectivity index (χ2v) is 5.12. The molecule has 1 aliphatic heterocycles. The van der Waals surface area contributed by atoms with Gasteiger partial charge in [-0.1, -0.05) is 0 Å². The molecule has 1 atom stereocenters. The standard InChI is InChI=1S/C12H19N3/c1-15-8-5-11(14-15)9-12(10-3-4-10)6-2-7-13-12/h5,8,10,13H,2-4,6-7,9H2,1H3. The Balaban J connectivity index is 1.78. The molecule has 1 unspecified atom stereocenters. The molecule has 1 aromatic rings. The van der Waals surface area contributed by atoms with Crippen molar-refractivity contribution in [1.29, 1.82) is 0 Å². The van der Waals surface area contributed by atoms with Crippen molar-refractivity contribution in [3.63, 3.8) is 0 Å². The summed E-state index contributed by atoms with van der Waals surface area (Å²) in [5, 5.41) is 8.25. The Kier molecular flexibility index (Phi) is 2.09. The van der Waals surface area contributed by atoms with Gasteiger partial charge in [0.25, 0.3) is 0 Å². The highest BCUT2D eigenvalue weighted by Crippen LogP contribution is 2.45.